The lowest BCUT2D eigenvalue weighted by molar-refractivity contribution is -0.0415. The lowest BCUT2D eigenvalue weighted by atomic mass is 9.89. The number of Topliss-reactive ketones (excluding diaryl/α,β-unsaturated/α-hetero) is 1. The molecule has 1 unspecified atom stereocenters. The van der Waals surface area contributed by atoms with Crippen molar-refractivity contribution in [1.82, 2.24) is 10.2 Å². The minimum atomic E-state index is -0.908. The van der Waals surface area contributed by atoms with Gasteiger partial charge in [0.1, 0.15) is 24.4 Å². The molecule has 0 spiro atoms. The number of ether oxygens (including phenoxy) is 1. The van der Waals surface area contributed by atoms with Gasteiger partial charge in [-0.25, -0.2) is 9.18 Å². The number of benzene rings is 2. The number of nitrogens with one attached hydrogen (secondary N) is 2. The van der Waals surface area contributed by atoms with Crippen LogP contribution >= 0.6 is 11.6 Å². The minimum absolute atomic E-state index is 0.0175. The Bertz CT molecular complexity index is 981. The van der Waals surface area contributed by atoms with Crippen LogP contribution in [0.25, 0.3) is 0 Å². The maximum Gasteiger partial charge on any atom is 0.319 e. The topological polar surface area (TPSA) is 111 Å². The molecule has 0 saturated carbocycles. The number of anilines is 1. The Labute approximate surface area is 202 Å². The minimum Gasteiger partial charge on any atom is -0.487 e. The van der Waals surface area contributed by atoms with Gasteiger partial charge in [-0.1, -0.05) is 11.6 Å². The number of nitrogens with zero attached hydrogens (tertiary/aromatic N) is 1. The van der Waals surface area contributed by atoms with E-state index in [0.717, 1.165) is 0 Å². The van der Waals surface area contributed by atoms with Gasteiger partial charge in [0.05, 0.1) is 11.8 Å². The molecule has 184 valence electrons. The summed E-state index contributed by atoms with van der Waals surface area (Å²) in [6.45, 7) is 2.60. The molecular formula is C24H29ClFN3O5. The Morgan fingerprint density at radius 2 is 1.85 bits per heavy atom. The van der Waals surface area contributed by atoms with Crippen LogP contribution in [-0.2, 0) is 0 Å². The molecule has 1 aliphatic heterocycles. The molecule has 4 N–H and O–H groups in total. The van der Waals surface area contributed by atoms with Crippen LogP contribution < -0.4 is 15.4 Å². The molecule has 1 fully saturated rings. The first-order valence-electron chi connectivity index (χ1n) is 11.1. The highest BCUT2D eigenvalue weighted by atomic mass is 35.5. The Hall–Kier alpha value is -2.72. The van der Waals surface area contributed by atoms with E-state index in [9.17, 15) is 24.2 Å². The van der Waals surface area contributed by atoms with E-state index in [0.29, 0.717) is 48.0 Å². The number of aliphatic hydroxyl groups excluding tert-OH is 2. The van der Waals surface area contributed by atoms with Gasteiger partial charge in [-0.3, -0.25) is 9.69 Å². The number of hydrogen-bond donors (Lipinski definition) is 4. The summed E-state index contributed by atoms with van der Waals surface area (Å²) in [5.74, 6) is -0.246. The number of piperidine rings is 1. The van der Waals surface area contributed by atoms with E-state index in [-0.39, 0.29) is 30.7 Å². The van der Waals surface area contributed by atoms with Crippen LogP contribution in [0, 0.1) is 11.7 Å². The summed E-state index contributed by atoms with van der Waals surface area (Å²) in [6.07, 6.45) is -0.449. The number of aliphatic hydroxyl groups is 2. The summed E-state index contributed by atoms with van der Waals surface area (Å²) < 4.78 is 18.8. The van der Waals surface area contributed by atoms with Gasteiger partial charge in [0.25, 0.3) is 0 Å². The second-order valence-electron chi connectivity index (χ2n) is 8.30. The molecule has 1 saturated heterocycles. The molecule has 2 atom stereocenters. The van der Waals surface area contributed by atoms with Crippen molar-refractivity contribution in [2.45, 2.75) is 32.1 Å². The number of urea groups is 1. The summed E-state index contributed by atoms with van der Waals surface area (Å²) in [5, 5.41) is 25.4. The van der Waals surface area contributed by atoms with E-state index < -0.39 is 18.4 Å². The van der Waals surface area contributed by atoms with Crippen molar-refractivity contribution in [1.29, 1.82) is 0 Å². The predicted octanol–water partition coefficient (Wildman–Crippen LogP) is 3.27. The third-order valence-corrected chi connectivity index (χ3v) is 5.82. The van der Waals surface area contributed by atoms with Gasteiger partial charge in [0, 0.05) is 36.1 Å². The molecule has 8 nitrogen and oxygen atoms in total. The molecular weight excluding hydrogens is 465 g/mol. The van der Waals surface area contributed by atoms with Crippen LogP contribution in [0.3, 0.4) is 0 Å². The van der Waals surface area contributed by atoms with Gasteiger partial charge >= 0.3 is 6.03 Å². The molecule has 1 aliphatic rings. The third-order valence-electron chi connectivity index (χ3n) is 5.59. The van der Waals surface area contributed by atoms with Crippen LogP contribution in [0.4, 0.5) is 14.9 Å². The normalized spacial score (nSPS) is 16.5. The summed E-state index contributed by atoms with van der Waals surface area (Å²) in [7, 11) is 0. The average molecular weight is 494 g/mol. The fraction of sp³-hybridized carbons (Fsp3) is 0.417. The zero-order valence-electron chi connectivity index (χ0n) is 18.8. The number of carbonyl (C=O) groups excluding carboxylic acids is 2. The quantitative estimate of drug-likeness (QED) is 0.399. The lowest BCUT2D eigenvalue weighted by Gasteiger charge is -2.34. The number of amides is 2. The molecule has 10 heteroatoms. The predicted molar refractivity (Wildman–Crippen MR) is 127 cm³/mol. The number of likely N-dealkylation sites (tertiary alicyclic amines) is 1. The lowest BCUT2D eigenvalue weighted by Crippen LogP contribution is -2.45. The number of hydrogen-bond acceptors (Lipinski definition) is 6. The van der Waals surface area contributed by atoms with Gasteiger partial charge < -0.3 is 25.6 Å². The molecule has 0 bridgehead atoms. The van der Waals surface area contributed by atoms with Crippen LogP contribution in [0.5, 0.6) is 5.75 Å². The van der Waals surface area contributed by atoms with Crippen LogP contribution in [0.15, 0.2) is 42.5 Å². The zero-order valence-corrected chi connectivity index (χ0v) is 19.6. The van der Waals surface area contributed by atoms with Crippen molar-refractivity contribution >= 4 is 29.1 Å². The number of halogens is 2. The highest BCUT2D eigenvalue weighted by Crippen LogP contribution is 2.29. The highest BCUT2D eigenvalue weighted by molar-refractivity contribution is 6.31. The standard InChI is InChI=1S/C24H29ClFN3O5/c1-15(30)13-27-24(33)28-20-12-18(25)4-7-21(20)34-14-22(31)29-10-8-17(9-11-29)23(32)16-2-5-19(26)6-3-16/h2-7,12,15,17,22,30-31H,8-11,13-14H2,1H3,(H2,27,28,33)/t15-,22?/m1/s1. The first-order chi connectivity index (χ1) is 16.2. The molecule has 34 heavy (non-hydrogen) atoms. The molecule has 2 aromatic carbocycles. The SMILES string of the molecule is C[C@@H](O)CNC(=O)Nc1cc(Cl)ccc1OCC(O)N1CCC(C(=O)c2ccc(F)cc2)CC1. The van der Waals surface area contributed by atoms with Crippen LogP contribution in [-0.4, -0.2) is 65.5 Å². The number of carbonyl (C=O) groups is 2. The summed E-state index contributed by atoms with van der Waals surface area (Å²) in [6, 6.07) is 9.74. The maximum atomic E-state index is 13.1. The monoisotopic (exact) mass is 493 g/mol. The van der Waals surface area contributed by atoms with Crippen molar-refractivity contribution in [2.75, 3.05) is 31.6 Å². The van der Waals surface area contributed by atoms with Gasteiger partial charge in [-0.15, -0.1) is 0 Å². The van der Waals surface area contributed by atoms with E-state index in [2.05, 4.69) is 10.6 Å². The molecule has 0 aromatic heterocycles. The Balaban J connectivity index is 1.51. The van der Waals surface area contributed by atoms with Crippen LogP contribution in [0.1, 0.15) is 30.1 Å². The molecule has 2 amide bonds. The number of rotatable bonds is 9. The molecule has 3 rings (SSSR count). The molecule has 0 aliphatic carbocycles. The molecule has 0 radical (unpaired) electrons. The fourth-order valence-corrected chi connectivity index (χ4v) is 3.88. The van der Waals surface area contributed by atoms with Gasteiger partial charge in [-0.05, 0) is 62.2 Å². The highest BCUT2D eigenvalue weighted by Gasteiger charge is 2.29. The van der Waals surface area contributed by atoms with Gasteiger partial charge in [-0.2, -0.15) is 0 Å². The summed E-state index contributed by atoms with van der Waals surface area (Å²) in [5.41, 5.74) is 0.815. The van der Waals surface area contributed by atoms with E-state index >= 15 is 0 Å². The number of ketones is 1. The first-order valence-corrected chi connectivity index (χ1v) is 11.5. The third kappa shape index (κ3) is 7.39. The maximum absolute atomic E-state index is 13.1. The van der Waals surface area contributed by atoms with E-state index in [1.54, 1.807) is 19.1 Å². The van der Waals surface area contributed by atoms with Gasteiger partial charge in [0.15, 0.2) is 5.78 Å². The Kier molecular flexibility index (Phi) is 9.23. The van der Waals surface area contributed by atoms with Gasteiger partial charge in [0.2, 0.25) is 0 Å². The largest absolute Gasteiger partial charge is 0.487 e. The van der Waals surface area contributed by atoms with Crippen molar-refractivity contribution < 1.29 is 28.9 Å². The second-order valence-corrected chi connectivity index (χ2v) is 8.73. The Morgan fingerprint density at radius 3 is 2.50 bits per heavy atom. The Morgan fingerprint density at radius 1 is 1.18 bits per heavy atom. The second kappa shape index (κ2) is 12.1. The summed E-state index contributed by atoms with van der Waals surface area (Å²) in [4.78, 5) is 26.5. The van der Waals surface area contributed by atoms with Crippen molar-refractivity contribution in [3.63, 3.8) is 0 Å². The zero-order chi connectivity index (χ0) is 24.7. The van der Waals surface area contributed by atoms with Crippen molar-refractivity contribution in [3.05, 3.63) is 58.9 Å². The smallest absolute Gasteiger partial charge is 0.319 e. The van der Waals surface area contributed by atoms with E-state index in [4.69, 9.17) is 16.3 Å². The average Bonchev–Trinajstić information content (AvgIpc) is 2.82. The van der Waals surface area contributed by atoms with Crippen molar-refractivity contribution in [2.24, 2.45) is 5.92 Å². The molecule has 1 heterocycles. The first kappa shape index (κ1) is 25.9. The van der Waals surface area contributed by atoms with E-state index in [1.807, 2.05) is 4.90 Å². The van der Waals surface area contributed by atoms with Crippen molar-refractivity contribution in [3.8, 4) is 5.75 Å². The van der Waals surface area contributed by atoms with Crippen LogP contribution in [0.2, 0.25) is 5.02 Å². The fourth-order valence-electron chi connectivity index (χ4n) is 3.71. The summed E-state index contributed by atoms with van der Waals surface area (Å²) >= 11 is 6.03. The van der Waals surface area contributed by atoms with E-state index in [1.165, 1.54) is 30.3 Å². The molecule has 2 aromatic rings.